The maximum absolute atomic E-state index is 13.9. The van der Waals surface area contributed by atoms with Crippen LogP contribution in [0.4, 0.5) is 9.80 Å². The zero-order chi connectivity index (χ0) is 22.3. The first-order valence-electron chi connectivity index (χ1n) is 9.77. The molecule has 1 unspecified atom stereocenters. The summed E-state index contributed by atoms with van der Waals surface area (Å²) < 4.78 is 6.48. The number of nitrogens with zero attached hydrogens (tertiary/aromatic N) is 3. The van der Waals surface area contributed by atoms with Gasteiger partial charge in [0.15, 0.2) is 13.9 Å². The van der Waals surface area contributed by atoms with Gasteiger partial charge >= 0.3 is 6.03 Å². The van der Waals surface area contributed by atoms with Crippen LogP contribution in [0.5, 0.6) is 0 Å². The average Bonchev–Trinajstić information content (AvgIpc) is 3.22. The van der Waals surface area contributed by atoms with E-state index in [1.807, 2.05) is 30.3 Å². The molecule has 3 rings (SSSR count). The number of rotatable bonds is 5. The number of carbonyl (C=O) groups is 2. The summed E-state index contributed by atoms with van der Waals surface area (Å²) in [6.07, 6.45) is 0. The molecule has 2 aromatic rings. The molecule has 1 saturated heterocycles. The Bertz CT molecular complexity index is 1010. The SMILES string of the molecule is CN1C(=O)N(c2sccc2C#N)C(=O)C1(CO[Si](C)(C)C(C)(C)C)c1ccccc1. The Morgan fingerprint density at radius 3 is 2.37 bits per heavy atom. The van der Waals surface area contributed by atoms with E-state index in [1.165, 1.54) is 16.2 Å². The van der Waals surface area contributed by atoms with Gasteiger partial charge in [0, 0.05) is 7.05 Å². The normalized spacial score (nSPS) is 20.0. The molecular formula is C22H27N3O3SSi. The van der Waals surface area contributed by atoms with Gasteiger partial charge < -0.3 is 9.33 Å². The molecule has 158 valence electrons. The molecule has 30 heavy (non-hydrogen) atoms. The van der Waals surface area contributed by atoms with Gasteiger partial charge in [-0.2, -0.15) is 5.26 Å². The lowest BCUT2D eigenvalue weighted by molar-refractivity contribution is -0.126. The van der Waals surface area contributed by atoms with E-state index in [4.69, 9.17) is 4.43 Å². The Morgan fingerprint density at radius 2 is 1.80 bits per heavy atom. The molecule has 1 aliphatic heterocycles. The van der Waals surface area contributed by atoms with Gasteiger partial charge in [-0.1, -0.05) is 51.1 Å². The smallest absolute Gasteiger partial charge is 0.333 e. The number of thiophene rings is 1. The minimum absolute atomic E-state index is 0.0451. The zero-order valence-electron chi connectivity index (χ0n) is 18.2. The second kappa shape index (κ2) is 7.65. The van der Waals surface area contributed by atoms with Crippen LogP contribution in [-0.2, 0) is 14.8 Å². The third-order valence-corrected chi connectivity index (χ3v) is 11.7. The second-order valence-corrected chi connectivity index (χ2v) is 14.7. The first kappa shape index (κ1) is 22.2. The quantitative estimate of drug-likeness (QED) is 0.487. The van der Waals surface area contributed by atoms with E-state index in [0.29, 0.717) is 16.1 Å². The number of urea groups is 1. The first-order valence-corrected chi connectivity index (χ1v) is 13.6. The Kier molecular flexibility index (Phi) is 5.67. The number of hydrogen-bond donors (Lipinski definition) is 0. The minimum atomic E-state index is -2.20. The van der Waals surface area contributed by atoms with Gasteiger partial charge in [0.25, 0.3) is 5.91 Å². The molecule has 1 aromatic heterocycles. The Labute approximate surface area is 182 Å². The van der Waals surface area contributed by atoms with Crippen molar-refractivity contribution in [3.8, 4) is 6.07 Å². The lowest BCUT2D eigenvalue weighted by Gasteiger charge is -2.41. The number of benzene rings is 1. The van der Waals surface area contributed by atoms with Crippen molar-refractivity contribution in [1.29, 1.82) is 5.26 Å². The van der Waals surface area contributed by atoms with Crippen LogP contribution in [0.15, 0.2) is 41.8 Å². The highest BCUT2D eigenvalue weighted by Crippen LogP contribution is 2.44. The van der Waals surface area contributed by atoms with Crippen molar-refractivity contribution in [3.05, 3.63) is 52.9 Å². The van der Waals surface area contributed by atoms with Gasteiger partial charge in [0.05, 0.1) is 12.2 Å². The maximum Gasteiger partial charge on any atom is 0.333 e. The molecular weight excluding hydrogens is 414 g/mol. The van der Waals surface area contributed by atoms with Gasteiger partial charge in [-0.25, -0.2) is 9.69 Å². The van der Waals surface area contributed by atoms with Crippen molar-refractivity contribution in [2.24, 2.45) is 0 Å². The van der Waals surface area contributed by atoms with Crippen LogP contribution in [0.1, 0.15) is 31.9 Å². The van der Waals surface area contributed by atoms with Crippen molar-refractivity contribution in [1.82, 2.24) is 4.90 Å². The summed E-state index contributed by atoms with van der Waals surface area (Å²) in [6, 6.07) is 12.5. The second-order valence-electron chi connectivity index (χ2n) is 9.01. The van der Waals surface area contributed by atoms with Crippen molar-refractivity contribution in [3.63, 3.8) is 0 Å². The zero-order valence-corrected chi connectivity index (χ0v) is 20.0. The van der Waals surface area contributed by atoms with Crippen LogP contribution in [0.2, 0.25) is 18.1 Å². The molecule has 1 atom stereocenters. The number of carbonyl (C=O) groups excluding carboxylic acids is 2. The highest BCUT2D eigenvalue weighted by atomic mass is 32.1. The van der Waals surface area contributed by atoms with Gasteiger partial charge in [-0.3, -0.25) is 4.79 Å². The van der Waals surface area contributed by atoms with Gasteiger partial charge in [-0.15, -0.1) is 11.3 Å². The third kappa shape index (κ3) is 3.37. The molecule has 0 bridgehead atoms. The molecule has 1 aliphatic rings. The summed E-state index contributed by atoms with van der Waals surface area (Å²) in [7, 11) is -0.571. The van der Waals surface area contributed by atoms with Gasteiger partial charge in [0.2, 0.25) is 0 Å². The summed E-state index contributed by atoms with van der Waals surface area (Å²) in [5.74, 6) is -0.390. The Hall–Kier alpha value is -2.47. The van der Waals surface area contributed by atoms with Crippen LogP contribution < -0.4 is 4.90 Å². The predicted octanol–water partition coefficient (Wildman–Crippen LogP) is 4.94. The van der Waals surface area contributed by atoms with Crippen LogP contribution in [0, 0.1) is 11.3 Å². The third-order valence-electron chi connectivity index (χ3n) is 6.28. The fourth-order valence-corrected chi connectivity index (χ4v) is 5.08. The van der Waals surface area contributed by atoms with E-state index in [-0.39, 0.29) is 17.6 Å². The summed E-state index contributed by atoms with van der Waals surface area (Å²) in [6.45, 7) is 10.7. The molecule has 0 radical (unpaired) electrons. The highest BCUT2D eigenvalue weighted by molar-refractivity contribution is 7.15. The largest absolute Gasteiger partial charge is 0.414 e. The Morgan fingerprint density at radius 1 is 1.17 bits per heavy atom. The first-order chi connectivity index (χ1) is 14.0. The summed E-state index contributed by atoms with van der Waals surface area (Å²) in [5, 5.41) is 11.4. The molecule has 6 nitrogen and oxygen atoms in total. The predicted molar refractivity (Wildman–Crippen MR) is 121 cm³/mol. The number of hydrogen-bond acceptors (Lipinski definition) is 5. The standard InChI is InChI=1S/C22H27N3O3SSi/c1-21(2,3)30(5,6)28-15-22(17-10-8-7-9-11-17)19(26)25(20(27)24(22)4)18-16(14-23)12-13-29-18/h7-13H,15H2,1-6H3. The van der Waals surface area contributed by atoms with Crippen LogP contribution in [-0.4, -0.2) is 38.8 Å². The fourth-order valence-electron chi connectivity index (χ4n) is 3.24. The van der Waals surface area contributed by atoms with Gasteiger partial charge in [0.1, 0.15) is 11.1 Å². The molecule has 1 aromatic carbocycles. The van der Waals surface area contributed by atoms with Crippen molar-refractivity contribution in [2.75, 3.05) is 18.6 Å². The molecule has 0 aliphatic carbocycles. The molecule has 2 heterocycles. The van der Waals surface area contributed by atoms with E-state index in [9.17, 15) is 14.9 Å². The van der Waals surface area contributed by atoms with E-state index < -0.39 is 19.9 Å². The van der Waals surface area contributed by atoms with E-state index in [1.54, 1.807) is 18.5 Å². The number of likely N-dealkylation sites (N-methyl/N-ethyl adjacent to an activating group) is 1. The maximum atomic E-state index is 13.9. The lowest BCUT2D eigenvalue weighted by Crippen LogP contribution is -2.53. The van der Waals surface area contributed by atoms with Crippen molar-refractivity contribution >= 4 is 36.6 Å². The Balaban J connectivity index is 2.12. The summed E-state index contributed by atoms with van der Waals surface area (Å²) >= 11 is 1.21. The number of imide groups is 1. The number of nitriles is 1. The molecule has 0 saturated carbocycles. The molecule has 3 amide bonds. The van der Waals surface area contributed by atoms with Crippen LogP contribution in [0.3, 0.4) is 0 Å². The molecule has 1 fully saturated rings. The summed E-state index contributed by atoms with van der Waals surface area (Å²) in [4.78, 5) is 29.7. The monoisotopic (exact) mass is 441 g/mol. The van der Waals surface area contributed by atoms with Crippen molar-refractivity contribution in [2.45, 2.75) is 44.4 Å². The topological polar surface area (TPSA) is 73.6 Å². The van der Waals surface area contributed by atoms with Gasteiger partial charge in [-0.05, 0) is 35.1 Å². The fraction of sp³-hybridized carbons (Fsp3) is 0.409. The average molecular weight is 442 g/mol. The molecule has 8 heteroatoms. The summed E-state index contributed by atoms with van der Waals surface area (Å²) in [5.41, 5.74) is -0.281. The highest BCUT2D eigenvalue weighted by Gasteiger charge is 2.59. The number of amides is 3. The van der Waals surface area contributed by atoms with Crippen LogP contribution >= 0.6 is 11.3 Å². The molecule has 0 N–H and O–H groups in total. The lowest BCUT2D eigenvalue weighted by atomic mass is 9.89. The molecule has 0 spiro atoms. The van der Waals surface area contributed by atoms with E-state index in [0.717, 1.165) is 4.90 Å². The van der Waals surface area contributed by atoms with E-state index >= 15 is 0 Å². The van der Waals surface area contributed by atoms with E-state index in [2.05, 4.69) is 39.9 Å². The van der Waals surface area contributed by atoms with Crippen molar-refractivity contribution < 1.29 is 14.0 Å². The van der Waals surface area contributed by atoms with Crippen LogP contribution in [0.25, 0.3) is 0 Å². The number of anilines is 1. The minimum Gasteiger partial charge on any atom is -0.414 e.